The van der Waals surface area contributed by atoms with Crippen LogP contribution >= 0.6 is 0 Å². The molecule has 2 aliphatic rings. The third-order valence-electron chi connectivity index (χ3n) is 7.22. The summed E-state index contributed by atoms with van der Waals surface area (Å²) in [4.78, 5) is 40.7. The lowest BCUT2D eigenvalue weighted by Crippen LogP contribution is -2.41. The molecule has 41 heavy (non-hydrogen) atoms. The summed E-state index contributed by atoms with van der Waals surface area (Å²) in [5.41, 5.74) is 0.710. The first-order valence-corrected chi connectivity index (χ1v) is 14.5. The van der Waals surface area contributed by atoms with Crippen LogP contribution in [-0.4, -0.2) is 67.8 Å². The molecule has 1 aromatic rings. The molecule has 2 fully saturated rings. The zero-order valence-corrected chi connectivity index (χ0v) is 24.5. The van der Waals surface area contributed by atoms with Crippen molar-refractivity contribution in [2.75, 3.05) is 14.2 Å². The summed E-state index contributed by atoms with van der Waals surface area (Å²) in [7, 11) is 2.98. The number of hydrogen-bond donors (Lipinski definition) is 1. The van der Waals surface area contributed by atoms with Crippen LogP contribution in [0.1, 0.15) is 83.2 Å². The molecule has 0 spiro atoms. The third-order valence-corrected chi connectivity index (χ3v) is 7.22. The summed E-state index contributed by atoms with van der Waals surface area (Å²) in [6.45, 7) is 4.26. The molecule has 0 aliphatic carbocycles. The lowest BCUT2D eigenvalue weighted by Gasteiger charge is -2.37. The fraction of sp³-hybridized carbons (Fsp3) is 0.667. The van der Waals surface area contributed by atoms with Crippen molar-refractivity contribution in [2.45, 2.75) is 109 Å². The number of hydrogen-bond acceptors (Lipinski definition) is 10. The lowest BCUT2D eigenvalue weighted by atomic mass is 9.89. The smallest absolute Gasteiger partial charge is 0.410 e. The predicted molar refractivity (Wildman–Crippen MR) is 150 cm³/mol. The summed E-state index contributed by atoms with van der Waals surface area (Å²) in [6.07, 6.45) is 12.4. The van der Waals surface area contributed by atoms with Crippen molar-refractivity contribution in [3.8, 4) is 0 Å². The van der Waals surface area contributed by atoms with Crippen LogP contribution in [0.3, 0.4) is 0 Å². The van der Waals surface area contributed by atoms with Gasteiger partial charge in [0.05, 0.1) is 37.5 Å². The van der Waals surface area contributed by atoms with Crippen LogP contribution in [0.5, 0.6) is 0 Å². The number of nitrogens with zero attached hydrogens (tertiary/aromatic N) is 1. The number of oxazole rings is 1. The van der Waals surface area contributed by atoms with Crippen molar-refractivity contribution in [3.63, 3.8) is 0 Å². The summed E-state index contributed by atoms with van der Waals surface area (Å²) in [5, 5.41) is 2.39. The number of esters is 2. The maximum Gasteiger partial charge on any atom is 0.410 e. The number of fused-ring (bicyclic) bond motifs is 2. The molecular formula is C30H44N2O9. The lowest BCUT2D eigenvalue weighted by molar-refractivity contribution is -0.168. The molecule has 0 saturated carbocycles. The Hall–Kier alpha value is -3.18. The molecule has 11 nitrogen and oxygen atoms in total. The molecule has 228 valence electrons. The molecule has 1 amide bonds. The van der Waals surface area contributed by atoms with Crippen LogP contribution < -0.4 is 5.32 Å². The van der Waals surface area contributed by atoms with Gasteiger partial charge in [-0.05, 0) is 38.0 Å². The Kier molecular flexibility index (Phi) is 13.4. The van der Waals surface area contributed by atoms with E-state index in [4.69, 9.17) is 23.4 Å². The first kappa shape index (κ1) is 32.3. The number of ether oxygens (including phenoxy) is 5. The number of methoxy groups -OCH3 is 2. The summed E-state index contributed by atoms with van der Waals surface area (Å²) < 4.78 is 33.4. The van der Waals surface area contributed by atoms with Gasteiger partial charge in [0.25, 0.3) is 0 Å². The number of amides is 1. The quantitative estimate of drug-likeness (QED) is 0.233. The Morgan fingerprint density at radius 2 is 1.93 bits per heavy atom. The third kappa shape index (κ3) is 11.7. The molecular weight excluding hydrogens is 532 g/mol. The molecule has 0 radical (unpaired) electrons. The molecule has 2 saturated heterocycles. The highest BCUT2D eigenvalue weighted by molar-refractivity contribution is 5.82. The van der Waals surface area contributed by atoms with E-state index < -0.39 is 12.1 Å². The van der Waals surface area contributed by atoms with Gasteiger partial charge < -0.3 is 28.1 Å². The molecule has 3 heterocycles. The largest absolute Gasteiger partial charge is 0.462 e. The first-order valence-electron chi connectivity index (χ1n) is 14.5. The molecule has 3 rings (SSSR count). The Labute approximate surface area is 242 Å². The minimum absolute atomic E-state index is 0.0100. The average molecular weight is 577 g/mol. The molecule has 2 bridgehead atoms. The Morgan fingerprint density at radius 1 is 1.12 bits per heavy atom. The summed E-state index contributed by atoms with van der Waals surface area (Å²) in [6, 6.07) is 0. The Balaban J connectivity index is 1.51. The van der Waals surface area contributed by atoms with E-state index in [-0.39, 0.29) is 42.9 Å². The molecule has 2 aliphatic heterocycles. The van der Waals surface area contributed by atoms with Crippen molar-refractivity contribution in [3.05, 3.63) is 36.2 Å². The topological polar surface area (TPSA) is 135 Å². The number of allylic oxidation sites excluding steroid dienone is 1. The van der Waals surface area contributed by atoms with E-state index >= 15 is 0 Å². The highest BCUT2D eigenvalue weighted by Gasteiger charge is 2.35. The van der Waals surface area contributed by atoms with E-state index in [2.05, 4.69) is 28.9 Å². The summed E-state index contributed by atoms with van der Waals surface area (Å²) >= 11 is 0. The zero-order valence-electron chi connectivity index (χ0n) is 24.5. The fourth-order valence-corrected chi connectivity index (χ4v) is 5.36. The SMILES string of the molecule is CCC[C@@H]1C[C@H](OC)C[C@H](C)C[C@@H]2C[C@@H](OC(=O)/C=C\CCc3coc(/C=C\NC(=O)OC)n3)C[C@H](CC(=O)O1)O2. The van der Waals surface area contributed by atoms with E-state index in [1.165, 1.54) is 31.7 Å². The second-order valence-corrected chi connectivity index (χ2v) is 10.8. The van der Waals surface area contributed by atoms with E-state index in [0.29, 0.717) is 49.6 Å². The van der Waals surface area contributed by atoms with Gasteiger partial charge in [0.15, 0.2) is 0 Å². The summed E-state index contributed by atoms with van der Waals surface area (Å²) in [5.74, 6) is -0.0275. The highest BCUT2D eigenvalue weighted by Crippen LogP contribution is 2.31. The maximum atomic E-state index is 12.8. The number of aryl methyl sites for hydroxylation is 1. The van der Waals surface area contributed by atoms with E-state index in [1.54, 1.807) is 13.2 Å². The van der Waals surface area contributed by atoms with Gasteiger partial charge in [0.1, 0.15) is 18.5 Å². The van der Waals surface area contributed by atoms with E-state index in [0.717, 1.165) is 25.7 Å². The number of carbonyl (C=O) groups is 3. The van der Waals surface area contributed by atoms with Gasteiger partial charge >= 0.3 is 18.0 Å². The van der Waals surface area contributed by atoms with Crippen molar-refractivity contribution >= 4 is 24.1 Å². The first-order chi connectivity index (χ1) is 19.8. The van der Waals surface area contributed by atoms with Crippen LogP contribution in [0.15, 0.2) is 29.0 Å². The minimum Gasteiger partial charge on any atom is -0.462 e. The number of aromatic nitrogens is 1. The number of rotatable bonds is 10. The Bertz CT molecular complexity index is 1040. The molecule has 11 heteroatoms. The second kappa shape index (κ2) is 16.9. The Morgan fingerprint density at radius 3 is 2.68 bits per heavy atom. The van der Waals surface area contributed by atoms with Crippen LogP contribution in [-0.2, 0) is 39.7 Å². The highest BCUT2D eigenvalue weighted by atomic mass is 16.6. The maximum absolute atomic E-state index is 12.8. The molecule has 6 atom stereocenters. The minimum atomic E-state index is -0.588. The van der Waals surface area contributed by atoms with Gasteiger partial charge in [-0.2, -0.15) is 0 Å². The average Bonchev–Trinajstić information content (AvgIpc) is 3.37. The molecule has 0 unspecified atom stereocenters. The molecule has 1 aromatic heterocycles. The zero-order chi connectivity index (χ0) is 29.6. The number of nitrogens with one attached hydrogen (secondary N) is 1. The number of carbonyl (C=O) groups excluding carboxylic acids is 3. The number of alkyl carbamates (subject to hydrolysis) is 1. The van der Waals surface area contributed by atoms with Crippen molar-refractivity contribution < 1.29 is 42.5 Å². The van der Waals surface area contributed by atoms with Crippen molar-refractivity contribution in [1.29, 1.82) is 0 Å². The van der Waals surface area contributed by atoms with Gasteiger partial charge in [0.2, 0.25) is 5.89 Å². The predicted octanol–water partition coefficient (Wildman–Crippen LogP) is 4.89. The van der Waals surface area contributed by atoms with E-state index in [9.17, 15) is 14.4 Å². The van der Waals surface area contributed by atoms with Gasteiger partial charge in [0, 0.05) is 44.7 Å². The second-order valence-electron chi connectivity index (χ2n) is 10.8. The van der Waals surface area contributed by atoms with Gasteiger partial charge in [-0.1, -0.05) is 26.3 Å². The van der Waals surface area contributed by atoms with Gasteiger partial charge in [-0.3, -0.25) is 10.1 Å². The van der Waals surface area contributed by atoms with Crippen molar-refractivity contribution in [2.24, 2.45) is 5.92 Å². The van der Waals surface area contributed by atoms with Crippen LogP contribution in [0, 0.1) is 5.92 Å². The van der Waals surface area contributed by atoms with Gasteiger partial charge in [-0.15, -0.1) is 0 Å². The van der Waals surface area contributed by atoms with Crippen LogP contribution in [0.2, 0.25) is 0 Å². The normalized spacial score (nSPS) is 27.6. The van der Waals surface area contributed by atoms with Crippen molar-refractivity contribution in [1.82, 2.24) is 10.3 Å². The molecule has 1 N–H and O–H groups in total. The monoisotopic (exact) mass is 576 g/mol. The van der Waals surface area contributed by atoms with Gasteiger partial charge in [-0.25, -0.2) is 14.6 Å². The molecule has 0 aromatic carbocycles. The fourth-order valence-electron chi connectivity index (χ4n) is 5.36. The number of cyclic esters (lactones) is 1. The van der Waals surface area contributed by atoms with Crippen LogP contribution in [0.25, 0.3) is 6.08 Å². The van der Waals surface area contributed by atoms with E-state index in [1.807, 2.05) is 0 Å². The standard InChI is InChI=1S/C30H44N2O9/c1-5-8-22-15-23(36-3)13-20(2)14-24-16-25(17-26(39-24)18-29(34)40-22)41-28(33)10-7-6-9-21-19-38-27(32-21)11-12-31-30(35)37-4/h7,10-12,19-20,22-26H,5-6,8-9,13-18H2,1-4H3,(H,31,35)/b10-7-,12-11-/t20-,22+,23+,24+,25+,26+/m0/s1. The van der Waals surface area contributed by atoms with Crippen LogP contribution in [0.4, 0.5) is 4.79 Å².